The van der Waals surface area contributed by atoms with Crippen molar-refractivity contribution in [1.82, 2.24) is 4.98 Å². The number of pyridine rings is 1. The van der Waals surface area contributed by atoms with Gasteiger partial charge >= 0.3 is 0 Å². The first kappa shape index (κ1) is 17.2. The number of Topliss-reactive ketones (excluding diaryl/α,β-unsaturated/α-hetero) is 1. The first-order valence-electron chi connectivity index (χ1n) is 8.39. The van der Waals surface area contributed by atoms with Crippen molar-refractivity contribution in [2.75, 3.05) is 4.90 Å². The molecule has 0 saturated carbocycles. The quantitative estimate of drug-likeness (QED) is 0.692. The Morgan fingerprint density at radius 2 is 1.93 bits per heavy atom. The van der Waals surface area contributed by atoms with Crippen molar-refractivity contribution in [3.63, 3.8) is 0 Å². The summed E-state index contributed by atoms with van der Waals surface area (Å²) in [7, 11) is 0. The van der Waals surface area contributed by atoms with Gasteiger partial charge in [0.1, 0.15) is 0 Å². The van der Waals surface area contributed by atoms with E-state index in [1.807, 2.05) is 31.2 Å². The van der Waals surface area contributed by atoms with Crippen LogP contribution in [0, 0.1) is 6.92 Å². The third-order valence-corrected chi connectivity index (χ3v) is 5.38. The van der Waals surface area contributed by atoms with Crippen LogP contribution in [0.5, 0.6) is 0 Å². The Hall–Kier alpha value is -3.25. The zero-order valence-corrected chi connectivity index (χ0v) is 15.3. The lowest BCUT2D eigenvalue weighted by Gasteiger charge is -2.26. The van der Waals surface area contributed by atoms with Gasteiger partial charge in [0.05, 0.1) is 16.5 Å². The van der Waals surface area contributed by atoms with E-state index >= 15 is 0 Å². The number of amides is 1. The van der Waals surface area contributed by atoms with E-state index in [0.29, 0.717) is 16.1 Å². The number of hydrogen-bond donors (Lipinski definition) is 1. The number of hydrogen-bond acceptors (Lipinski definition) is 5. The van der Waals surface area contributed by atoms with Gasteiger partial charge < -0.3 is 5.11 Å². The lowest BCUT2D eigenvalue weighted by molar-refractivity contribution is -0.117. The van der Waals surface area contributed by atoms with E-state index in [2.05, 4.69) is 4.98 Å². The highest BCUT2D eigenvalue weighted by atomic mass is 32.1. The first-order valence-corrected chi connectivity index (χ1v) is 9.27. The number of aliphatic hydroxyl groups is 1. The van der Waals surface area contributed by atoms with Crippen LogP contribution in [0.25, 0.3) is 0 Å². The van der Waals surface area contributed by atoms with Crippen LogP contribution in [0.1, 0.15) is 26.8 Å². The lowest BCUT2D eigenvalue weighted by Crippen LogP contribution is -2.31. The molecule has 5 nitrogen and oxygen atoms in total. The minimum absolute atomic E-state index is 0.0797. The molecule has 0 spiro atoms. The molecule has 1 amide bonds. The van der Waals surface area contributed by atoms with Crippen molar-refractivity contribution in [2.45, 2.75) is 13.0 Å². The van der Waals surface area contributed by atoms with E-state index in [1.165, 1.54) is 16.2 Å². The van der Waals surface area contributed by atoms with Crippen LogP contribution in [-0.4, -0.2) is 21.8 Å². The Morgan fingerprint density at radius 3 is 2.56 bits per heavy atom. The molecular weight excluding hydrogens is 360 g/mol. The maximum absolute atomic E-state index is 13.1. The fraction of sp³-hybridized carbons (Fsp3) is 0.0952. The smallest absolute Gasteiger partial charge is 0.294 e. The zero-order chi connectivity index (χ0) is 19.0. The molecule has 1 aromatic carbocycles. The van der Waals surface area contributed by atoms with Crippen molar-refractivity contribution < 1.29 is 14.7 Å². The van der Waals surface area contributed by atoms with Crippen LogP contribution in [0.4, 0.5) is 5.69 Å². The highest BCUT2D eigenvalue weighted by molar-refractivity contribution is 7.12. The highest BCUT2D eigenvalue weighted by Crippen LogP contribution is 2.42. The molecule has 0 saturated heterocycles. The summed E-state index contributed by atoms with van der Waals surface area (Å²) in [5, 5.41) is 12.4. The molecule has 1 aliphatic heterocycles. The number of ketones is 1. The van der Waals surface area contributed by atoms with Gasteiger partial charge in [-0.25, -0.2) is 0 Å². The predicted octanol–water partition coefficient (Wildman–Crippen LogP) is 4.23. The minimum Gasteiger partial charge on any atom is -0.503 e. The van der Waals surface area contributed by atoms with Crippen molar-refractivity contribution in [3.8, 4) is 0 Å². The molecule has 2 aromatic heterocycles. The Labute approximate surface area is 160 Å². The maximum Gasteiger partial charge on any atom is 0.294 e. The van der Waals surface area contributed by atoms with Gasteiger partial charge in [-0.15, -0.1) is 11.3 Å². The largest absolute Gasteiger partial charge is 0.503 e. The molecule has 1 unspecified atom stereocenters. The van der Waals surface area contributed by atoms with E-state index in [-0.39, 0.29) is 11.4 Å². The van der Waals surface area contributed by atoms with Crippen molar-refractivity contribution in [3.05, 3.63) is 93.6 Å². The average Bonchev–Trinajstić information content (AvgIpc) is 3.31. The molecule has 27 heavy (non-hydrogen) atoms. The third kappa shape index (κ3) is 2.94. The van der Waals surface area contributed by atoms with Gasteiger partial charge in [-0.3, -0.25) is 19.5 Å². The van der Waals surface area contributed by atoms with Gasteiger partial charge in [0.25, 0.3) is 5.91 Å². The van der Waals surface area contributed by atoms with Crippen molar-refractivity contribution >= 4 is 28.7 Å². The number of nitrogens with zero attached hydrogens (tertiary/aromatic N) is 2. The van der Waals surface area contributed by atoms with Crippen LogP contribution in [0.15, 0.2) is 77.6 Å². The number of aryl methyl sites for hydroxylation is 1. The minimum atomic E-state index is -0.733. The predicted molar refractivity (Wildman–Crippen MR) is 104 cm³/mol. The monoisotopic (exact) mass is 376 g/mol. The van der Waals surface area contributed by atoms with Crippen LogP contribution < -0.4 is 4.90 Å². The number of carbonyl (C=O) groups is 2. The number of aliphatic hydroxyl groups excluding tert-OH is 1. The molecule has 6 heteroatoms. The normalized spacial score (nSPS) is 16.9. The fourth-order valence-electron chi connectivity index (χ4n) is 3.20. The summed E-state index contributed by atoms with van der Waals surface area (Å²) in [4.78, 5) is 32.0. The number of thiophene rings is 1. The second-order valence-electron chi connectivity index (χ2n) is 6.27. The molecule has 0 aliphatic carbocycles. The Kier molecular flexibility index (Phi) is 4.33. The topological polar surface area (TPSA) is 70.5 Å². The Bertz CT molecular complexity index is 1030. The van der Waals surface area contributed by atoms with Crippen LogP contribution >= 0.6 is 11.3 Å². The number of carbonyl (C=O) groups excluding carboxylic acids is 2. The van der Waals surface area contributed by atoms with Gasteiger partial charge in [0.15, 0.2) is 5.76 Å². The van der Waals surface area contributed by atoms with Gasteiger partial charge in [-0.1, -0.05) is 29.8 Å². The van der Waals surface area contributed by atoms with Crippen molar-refractivity contribution in [1.29, 1.82) is 0 Å². The molecule has 1 aliphatic rings. The summed E-state index contributed by atoms with van der Waals surface area (Å²) in [6.07, 6.45) is 3.24. The summed E-state index contributed by atoms with van der Waals surface area (Å²) in [5.74, 6) is -1.45. The average molecular weight is 376 g/mol. The van der Waals surface area contributed by atoms with Gasteiger partial charge in [-0.05, 0) is 42.1 Å². The molecule has 0 radical (unpaired) electrons. The Morgan fingerprint density at radius 1 is 1.15 bits per heavy atom. The van der Waals surface area contributed by atoms with E-state index in [9.17, 15) is 14.7 Å². The first-order chi connectivity index (χ1) is 13.1. The highest BCUT2D eigenvalue weighted by Gasteiger charge is 2.44. The number of benzene rings is 1. The van der Waals surface area contributed by atoms with Gasteiger partial charge in [-0.2, -0.15) is 0 Å². The molecule has 3 heterocycles. The summed E-state index contributed by atoms with van der Waals surface area (Å²) < 4.78 is 0. The number of anilines is 1. The summed E-state index contributed by atoms with van der Waals surface area (Å²) in [6.45, 7) is 1.95. The summed E-state index contributed by atoms with van der Waals surface area (Å²) in [6, 6.07) is 13.7. The Balaban J connectivity index is 1.87. The molecule has 4 rings (SSSR count). The molecule has 0 fully saturated rings. The van der Waals surface area contributed by atoms with E-state index < -0.39 is 17.7 Å². The fourth-order valence-corrected chi connectivity index (χ4v) is 3.88. The number of aromatic nitrogens is 1. The third-order valence-electron chi connectivity index (χ3n) is 4.51. The summed E-state index contributed by atoms with van der Waals surface area (Å²) >= 11 is 1.28. The molecular formula is C21H16N2O3S. The van der Waals surface area contributed by atoms with Crippen LogP contribution in [0.2, 0.25) is 0 Å². The second-order valence-corrected chi connectivity index (χ2v) is 7.22. The molecule has 134 valence electrons. The van der Waals surface area contributed by atoms with E-state index in [1.54, 1.807) is 42.0 Å². The van der Waals surface area contributed by atoms with Crippen LogP contribution in [-0.2, 0) is 4.79 Å². The molecule has 1 N–H and O–H groups in total. The molecule has 0 bridgehead atoms. The van der Waals surface area contributed by atoms with Crippen LogP contribution in [0.3, 0.4) is 0 Å². The van der Waals surface area contributed by atoms with Gasteiger partial charge in [0, 0.05) is 18.1 Å². The lowest BCUT2D eigenvalue weighted by atomic mass is 9.96. The second kappa shape index (κ2) is 6.81. The van der Waals surface area contributed by atoms with E-state index in [0.717, 1.165) is 5.56 Å². The van der Waals surface area contributed by atoms with Crippen molar-refractivity contribution in [2.24, 2.45) is 0 Å². The molecule has 3 aromatic rings. The molecule has 1 atom stereocenters. The SMILES string of the molecule is Cc1ccc(N2C(=O)C(O)=C(C(=O)c3cccs3)C2c2cccnc2)cc1. The number of rotatable bonds is 4. The summed E-state index contributed by atoms with van der Waals surface area (Å²) in [5.41, 5.74) is 2.40. The van der Waals surface area contributed by atoms with E-state index in [4.69, 9.17) is 0 Å². The maximum atomic E-state index is 13.1. The standard InChI is InChI=1S/C21H16N2O3S/c1-13-6-8-15(9-7-13)23-18(14-4-2-10-22-12-14)17(20(25)21(23)26)19(24)16-5-3-11-27-16/h2-12,18,25H,1H3. The van der Waals surface area contributed by atoms with Gasteiger partial charge in [0.2, 0.25) is 5.78 Å². The zero-order valence-electron chi connectivity index (χ0n) is 14.5.